The van der Waals surface area contributed by atoms with E-state index in [1.807, 2.05) is 37.8 Å². The number of rotatable bonds is 1. The predicted molar refractivity (Wildman–Crippen MR) is 85.1 cm³/mol. The average Bonchev–Trinajstić information content (AvgIpc) is 2.83. The Morgan fingerprint density at radius 3 is 2.74 bits per heavy atom. The van der Waals surface area contributed by atoms with Gasteiger partial charge in [0.05, 0.1) is 12.1 Å². The lowest BCUT2D eigenvalue weighted by molar-refractivity contribution is -0.00341. The molecule has 1 N–H and O–H groups in total. The van der Waals surface area contributed by atoms with E-state index in [0.29, 0.717) is 18.8 Å². The second kappa shape index (κ2) is 5.51. The van der Waals surface area contributed by atoms with Crippen LogP contribution in [0.25, 0.3) is 0 Å². The SMILES string of the molecule is CC(C)(C)C1C(N2Cc3cccnc3C2=O)CCCN1C(=O)O. The molecule has 6 nitrogen and oxygen atoms in total. The first-order chi connectivity index (χ1) is 10.8. The number of carbonyl (C=O) groups excluding carboxylic acids is 1. The van der Waals surface area contributed by atoms with Gasteiger partial charge in [-0.25, -0.2) is 4.79 Å². The van der Waals surface area contributed by atoms with Crippen molar-refractivity contribution in [1.82, 2.24) is 14.8 Å². The zero-order valence-electron chi connectivity index (χ0n) is 13.8. The van der Waals surface area contributed by atoms with Gasteiger partial charge in [-0.2, -0.15) is 0 Å². The molecule has 0 bridgehead atoms. The molecule has 0 radical (unpaired) electrons. The highest BCUT2D eigenvalue weighted by Crippen LogP contribution is 2.37. The van der Waals surface area contributed by atoms with Crippen molar-refractivity contribution in [3.8, 4) is 0 Å². The van der Waals surface area contributed by atoms with E-state index in [1.54, 1.807) is 6.20 Å². The van der Waals surface area contributed by atoms with E-state index < -0.39 is 6.09 Å². The highest BCUT2D eigenvalue weighted by atomic mass is 16.4. The lowest BCUT2D eigenvalue weighted by atomic mass is 9.77. The highest BCUT2D eigenvalue weighted by Gasteiger charge is 2.47. The zero-order chi connectivity index (χ0) is 16.8. The van der Waals surface area contributed by atoms with Crippen molar-refractivity contribution in [2.24, 2.45) is 5.41 Å². The summed E-state index contributed by atoms with van der Waals surface area (Å²) in [7, 11) is 0. The van der Waals surface area contributed by atoms with Gasteiger partial charge in [-0.1, -0.05) is 26.8 Å². The van der Waals surface area contributed by atoms with Crippen LogP contribution in [-0.4, -0.2) is 50.5 Å². The second-order valence-electron chi connectivity index (χ2n) is 7.44. The predicted octanol–water partition coefficient (Wildman–Crippen LogP) is 2.59. The first-order valence-corrected chi connectivity index (χ1v) is 8.05. The Kier molecular flexibility index (Phi) is 3.78. The van der Waals surface area contributed by atoms with E-state index in [2.05, 4.69) is 4.98 Å². The summed E-state index contributed by atoms with van der Waals surface area (Å²) in [6, 6.07) is 3.43. The molecule has 2 unspecified atom stereocenters. The van der Waals surface area contributed by atoms with Crippen LogP contribution < -0.4 is 0 Å². The molecule has 2 aliphatic rings. The number of piperidine rings is 1. The van der Waals surface area contributed by atoms with E-state index in [-0.39, 0.29) is 23.4 Å². The van der Waals surface area contributed by atoms with E-state index >= 15 is 0 Å². The van der Waals surface area contributed by atoms with E-state index in [4.69, 9.17) is 0 Å². The minimum atomic E-state index is -0.906. The fourth-order valence-corrected chi connectivity index (χ4v) is 3.98. The van der Waals surface area contributed by atoms with Gasteiger partial charge in [0.25, 0.3) is 5.91 Å². The first-order valence-electron chi connectivity index (χ1n) is 8.05. The van der Waals surface area contributed by atoms with Crippen molar-refractivity contribution in [1.29, 1.82) is 0 Å². The standard InChI is InChI=1S/C17H23N3O3/c1-17(2,3)14-12(7-5-9-19(14)16(22)23)20-10-11-6-4-8-18-13(11)15(20)21/h4,6,8,12,14H,5,7,9-10H2,1-3H3,(H,22,23). The maximum atomic E-state index is 12.7. The third-order valence-corrected chi connectivity index (χ3v) is 4.83. The number of aromatic nitrogens is 1. The van der Waals surface area contributed by atoms with Crippen molar-refractivity contribution in [2.75, 3.05) is 6.54 Å². The van der Waals surface area contributed by atoms with Crippen molar-refractivity contribution in [2.45, 2.75) is 52.2 Å². The van der Waals surface area contributed by atoms with Crippen LogP contribution >= 0.6 is 0 Å². The molecule has 6 heteroatoms. The third kappa shape index (κ3) is 2.66. The fraction of sp³-hybridized carbons (Fsp3) is 0.588. The molecular weight excluding hydrogens is 294 g/mol. The summed E-state index contributed by atoms with van der Waals surface area (Å²) in [5.41, 5.74) is 1.19. The highest BCUT2D eigenvalue weighted by molar-refractivity contribution is 5.96. The van der Waals surface area contributed by atoms with Crippen LogP contribution in [0.5, 0.6) is 0 Å². The summed E-state index contributed by atoms with van der Waals surface area (Å²) in [6.07, 6.45) is 2.32. The molecular formula is C17H23N3O3. The van der Waals surface area contributed by atoms with Gasteiger partial charge in [0.2, 0.25) is 0 Å². The van der Waals surface area contributed by atoms with E-state index in [0.717, 1.165) is 18.4 Å². The molecule has 3 rings (SSSR count). The molecule has 0 aromatic carbocycles. The van der Waals surface area contributed by atoms with Crippen LogP contribution in [0, 0.1) is 5.41 Å². The van der Waals surface area contributed by atoms with Crippen LogP contribution in [0.3, 0.4) is 0 Å². The number of carbonyl (C=O) groups is 2. The van der Waals surface area contributed by atoms with Gasteiger partial charge in [-0.05, 0) is 24.3 Å². The smallest absolute Gasteiger partial charge is 0.407 e. The Morgan fingerprint density at radius 2 is 2.13 bits per heavy atom. The third-order valence-electron chi connectivity index (χ3n) is 4.83. The molecule has 1 saturated heterocycles. The molecule has 0 spiro atoms. The Bertz CT molecular complexity index is 638. The van der Waals surface area contributed by atoms with Crippen molar-refractivity contribution in [3.05, 3.63) is 29.6 Å². The minimum Gasteiger partial charge on any atom is -0.465 e. The molecule has 2 atom stereocenters. The number of carboxylic acid groups (broad SMARTS) is 1. The largest absolute Gasteiger partial charge is 0.465 e. The van der Waals surface area contributed by atoms with Gasteiger partial charge in [0.15, 0.2) is 0 Å². The van der Waals surface area contributed by atoms with Crippen LogP contribution in [0.1, 0.15) is 49.7 Å². The van der Waals surface area contributed by atoms with Crippen molar-refractivity contribution >= 4 is 12.0 Å². The fourth-order valence-electron chi connectivity index (χ4n) is 3.98. The lowest BCUT2D eigenvalue weighted by Gasteiger charge is -2.49. The van der Waals surface area contributed by atoms with E-state index in [9.17, 15) is 14.7 Å². The molecule has 1 aromatic heterocycles. The maximum Gasteiger partial charge on any atom is 0.407 e. The molecule has 3 heterocycles. The van der Waals surface area contributed by atoms with Gasteiger partial charge in [-0.3, -0.25) is 9.78 Å². The lowest BCUT2D eigenvalue weighted by Crippen LogP contribution is -2.61. The molecule has 23 heavy (non-hydrogen) atoms. The number of nitrogens with zero attached hydrogens (tertiary/aromatic N) is 3. The molecule has 0 aliphatic carbocycles. The van der Waals surface area contributed by atoms with Crippen LogP contribution in [0.4, 0.5) is 4.79 Å². The summed E-state index contributed by atoms with van der Waals surface area (Å²) >= 11 is 0. The van der Waals surface area contributed by atoms with Crippen LogP contribution in [-0.2, 0) is 6.54 Å². The second-order valence-corrected chi connectivity index (χ2v) is 7.44. The Hall–Kier alpha value is -2.11. The number of pyridine rings is 1. The topological polar surface area (TPSA) is 73.7 Å². The number of hydrogen-bond donors (Lipinski definition) is 1. The Morgan fingerprint density at radius 1 is 1.39 bits per heavy atom. The normalized spacial score (nSPS) is 24.7. The van der Waals surface area contributed by atoms with Crippen LogP contribution in [0.15, 0.2) is 18.3 Å². The summed E-state index contributed by atoms with van der Waals surface area (Å²) in [5, 5.41) is 9.58. The summed E-state index contributed by atoms with van der Waals surface area (Å²) in [4.78, 5) is 32.0. The molecule has 1 fully saturated rings. The average molecular weight is 317 g/mol. The molecule has 1 aromatic rings. The van der Waals surface area contributed by atoms with Gasteiger partial charge >= 0.3 is 6.09 Å². The minimum absolute atomic E-state index is 0.0768. The molecule has 2 aliphatic heterocycles. The van der Waals surface area contributed by atoms with E-state index in [1.165, 1.54) is 4.90 Å². The summed E-state index contributed by atoms with van der Waals surface area (Å²) < 4.78 is 0. The van der Waals surface area contributed by atoms with Crippen molar-refractivity contribution in [3.63, 3.8) is 0 Å². The molecule has 0 saturated carbocycles. The van der Waals surface area contributed by atoms with Crippen molar-refractivity contribution < 1.29 is 14.7 Å². The summed E-state index contributed by atoms with van der Waals surface area (Å²) in [6.45, 7) is 7.17. The van der Waals surface area contributed by atoms with Gasteiger partial charge in [0, 0.05) is 24.8 Å². The maximum absolute atomic E-state index is 12.7. The molecule has 2 amide bonds. The van der Waals surface area contributed by atoms with Crippen LogP contribution in [0.2, 0.25) is 0 Å². The monoisotopic (exact) mass is 317 g/mol. The van der Waals surface area contributed by atoms with Gasteiger partial charge in [-0.15, -0.1) is 0 Å². The molecule has 124 valence electrons. The number of fused-ring (bicyclic) bond motifs is 1. The summed E-state index contributed by atoms with van der Waals surface area (Å²) in [5.74, 6) is -0.0768. The Balaban J connectivity index is 1.95. The number of likely N-dealkylation sites (tertiary alicyclic amines) is 1. The number of amides is 2. The first kappa shape index (κ1) is 15.8. The Labute approximate surface area is 136 Å². The zero-order valence-corrected chi connectivity index (χ0v) is 13.8. The quantitative estimate of drug-likeness (QED) is 0.864. The van der Waals surface area contributed by atoms with Gasteiger partial charge < -0.3 is 14.9 Å². The van der Waals surface area contributed by atoms with Gasteiger partial charge in [0.1, 0.15) is 5.69 Å². The number of hydrogen-bond acceptors (Lipinski definition) is 3.